The van der Waals surface area contributed by atoms with Gasteiger partial charge in [0.2, 0.25) is 11.8 Å². The van der Waals surface area contributed by atoms with Gasteiger partial charge in [0.15, 0.2) is 0 Å². The number of rotatable bonds is 3. The van der Waals surface area contributed by atoms with Gasteiger partial charge in [0.05, 0.1) is 35.8 Å². The van der Waals surface area contributed by atoms with Gasteiger partial charge in [-0.05, 0) is 39.3 Å². The molecular formula is C24H28N4O6. The number of imidazole rings is 1. The monoisotopic (exact) mass is 468 g/mol. The Bertz CT molecular complexity index is 1270. The van der Waals surface area contributed by atoms with Crippen molar-refractivity contribution in [3.63, 3.8) is 0 Å². The smallest absolute Gasteiger partial charge is 0.410 e. The number of ether oxygens (including phenoxy) is 2. The van der Waals surface area contributed by atoms with Crippen LogP contribution in [0.5, 0.6) is 0 Å². The van der Waals surface area contributed by atoms with Gasteiger partial charge in [0.1, 0.15) is 18.2 Å². The fraction of sp³-hybridized carbons (Fsp3) is 0.500. The number of nitrogens with one attached hydrogen (secondary N) is 1. The lowest BCUT2D eigenvalue weighted by atomic mass is 10.1. The van der Waals surface area contributed by atoms with Gasteiger partial charge >= 0.3 is 11.8 Å². The summed E-state index contributed by atoms with van der Waals surface area (Å²) in [5.41, 5.74) is 0.959. The Morgan fingerprint density at radius 3 is 2.62 bits per heavy atom. The molecule has 0 radical (unpaired) electrons. The number of para-hydroxylation sites is 1. The zero-order chi connectivity index (χ0) is 24.6. The molecule has 0 spiro atoms. The number of benzene rings is 1. The average Bonchev–Trinajstić information content (AvgIpc) is 2.96. The Balaban J connectivity index is 1.44. The molecule has 1 aromatic heterocycles. The third kappa shape index (κ3) is 4.70. The number of aryl methyl sites for hydroxylation is 1. The molecule has 180 valence electrons. The minimum Gasteiger partial charge on any atom is -0.444 e. The lowest BCUT2D eigenvalue weighted by Gasteiger charge is -2.39. The molecule has 0 aliphatic carbocycles. The van der Waals surface area contributed by atoms with Crippen LogP contribution in [0.1, 0.15) is 45.2 Å². The third-order valence-corrected chi connectivity index (χ3v) is 5.74. The normalized spacial score (nSPS) is 18.8. The van der Waals surface area contributed by atoms with Gasteiger partial charge in [0, 0.05) is 13.5 Å². The van der Waals surface area contributed by atoms with Crippen molar-refractivity contribution >= 4 is 28.9 Å². The van der Waals surface area contributed by atoms with Crippen LogP contribution in [0.25, 0.3) is 11.0 Å². The first kappa shape index (κ1) is 23.6. The quantitative estimate of drug-likeness (QED) is 0.537. The predicted molar refractivity (Wildman–Crippen MR) is 123 cm³/mol. The number of likely N-dealkylation sites (tertiary alicyclic amines) is 1. The van der Waals surface area contributed by atoms with E-state index in [2.05, 4.69) is 17.2 Å². The highest BCUT2D eigenvalue weighted by Gasteiger charge is 2.34. The molecule has 1 atom stereocenters. The standard InChI is InChI=1S/C24H28N4O6/c1-24(2,3)34-23(32)27-13-16(14-27)33-12-6-8-15-7-5-9-17-20(15)26(4)22(31)28(17)18-10-11-19(29)25-21(18)30/h5,7,9,16,18H,10-14H2,1-4H3,(H,25,29,30). The minimum absolute atomic E-state index is 0.101. The van der Waals surface area contributed by atoms with E-state index >= 15 is 0 Å². The summed E-state index contributed by atoms with van der Waals surface area (Å²) < 4.78 is 13.9. The van der Waals surface area contributed by atoms with E-state index < -0.39 is 17.6 Å². The van der Waals surface area contributed by atoms with Crippen LogP contribution in [-0.2, 0) is 26.1 Å². The highest BCUT2D eigenvalue weighted by molar-refractivity contribution is 6.00. The van der Waals surface area contributed by atoms with Crippen LogP contribution in [0, 0.1) is 11.8 Å². The van der Waals surface area contributed by atoms with Crippen LogP contribution in [0.2, 0.25) is 0 Å². The second kappa shape index (κ2) is 8.99. The molecule has 3 heterocycles. The van der Waals surface area contributed by atoms with Gasteiger partial charge in [-0.25, -0.2) is 9.59 Å². The molecule has 2 aliphatic heterocycles. The third-order valence-electron chi connectivity index (χ3n) is 5.74. The molecule has 3 amide bonds. The van der Waals surface area contributed by atoms with E-state index in [1.165, 1.54) is 9.13 Å². The Morgan fingerprint density at radius 1 is 1.21 bits per heavy atom. The van der Waals surface area contributed by atoms with Gasteiger partial charge in [-0.3, -0.25) is 24.0 Å². The summed E-state index contributed by atoms with van der Waals surface area (Å²) in [6, 6.07) is 4.60. The molecule has 34 heavy (non-hydrogen) atoms. The second-order valence-corrected chi connectivity index (χ2v) is 9.47. The number of hydrogen-bond acceptors (Lipinski definition) is 6. The van der Waals surface area contributed by atoms with Crippen molar-refractivity contribution in [3.05, 3.63) is 34.2 Å². The SMILES string of the molecule is Cn1c(=O)n(C2CCC(=O)NC2=O)c2cccc(C#CCOC3CN(C(=O)OC(C)(C)C)C3)c21. The molecule has 4 rings (SSSR count). The van der Waals surface area contributed by atoms with Crippen molar-refractivity contribution < 1.29 is 23.9 Å². The summed E-state index contributed by atoms with van der Waals surface area (Å²) in [6.07, 6.45) is -0.000285. The van der Waals surface area contributed by atoms with Crippen molar-refractivity contribution in [2.75, 3.05) is 19.7 Å². The largest absolute Gasteiger partial charge is 0.444 e. The van der Waals surface area contributed by atoms with Crippen LogP contribution in [0.3, 0.4) is 0 Å². The summed E-state index contributed by atoms with van der Waals surface area (Å²) in [6.45, 7) is 6.55. The molecule has 2 aliphatic rings. The summed E-state index contributed by atoms with van der Waals surface area (Å²) in [4.78, 5) is 50.4. The Kier molecular flexibility index (Phi) is 6.23. The van der Waals surface area contributed by atoms with Crippen LogP contribution >= 0.6 is 0 Å². The van der Waals surface area contributed by atoms with E-state index in [4.69, 9.17) is 9.47 Å². The predicted octanol–water partition coefficient (Wildman–Crippen LogP) is 1.31. The van der Waals surface area contributed by atoms with Crippen molar-refractivity contribution in [2.45, 2.75) is 51.4 Å². The lowest BCUT2D eigenvalue weighted by Crippen LogP contribution is -2.55. The lowest BCUT2D eigenvalue weighted by molar-refractivity contribution is -0.135. The molecule has 1 N–H and O–H groups in total. The topological polar surface area (TPSA) is 112 Å². The molecule has 2 saturated heterocycles. The van der Waals surface area contributed by atoms with E-state index in [0.29, 0.717) is 29.7 Å². The minimum atomic E-state index is -0.744. The number of fused-ring (bicyclic) bond motifs is 1. The number of piperidine rings is 1. The van der Waals surface area contributed by atoms with E-state index in [-0.39, 0.29) is 43.2 Å². The van der Waals surface area contributed by atoms with Gasteiger partial charge < -0.3 is 14.4 Å². The zero-order valence-electron chi connectivity index (χ0n) is 19.7. The number of aromatic nitrogens is 2. The number of amides is 3. The molecule has 2 fully saturated rings. The molecule has 10 nitrogen and oxygen atoms in total. The van der Waals surface area contributed by atoms with Crippen LogP contribution < -0.4 is 11.0 Å². The van der Waals surface area contributed by atoms with E-state index in [9.17, 15) is 19.2 Å². The summed E-state index contributed by atoms with van der Waals surface area (Å²) in [5, 5.41) is 2.30. The Labute approximate surface area is 196 Å². The highest BCUT2D eigenvalue weighted by atomic mass is 16.6. The number of carbonyl (C=O) groups excluding carboxylic acids is 3. The Morgan fingerprint density at radius 2 is 1.94 bits per heavy atom. The molecule has 1 unspecified atom stereocenters. The maximum atomic E-state index is 13.0. The maximum Gasteiger partial charge on any atom is 0.410 e. The van der Waals surface area contributed by atoms with Crippen molar-refractivity contribution in [3.8, 4) is 11.8 Å². The molecular weight excluding hydrogens is 440 g/mol. The molecule has 10 heteroatoms. The summed E-state index contributed by atoms with van der Waals surface area (Å²) in [7, 11) is 1.63. The van der Waals surface area contributed by atoms with E-state index in [1.54, 1.807) is 30.1 Å². The van der Waals surface area contributed by atoms with E-state index in [1.807, 2.05) is 20.8 Å². The number of imide groups is 1. The zero-order valence-corrected chi connectivity index (χ0v) is 19.7. The maximum absolute atomic E-state index is 13.0. The van der Waals surface area contributed by atoms with Crippen molar-refractivity contribution in [1.29, 1.82) is 0 Å². The van der Waals surface area contributed by atoms with Crippen LogP contribution in [0.4, 0.5) is 4.79 Å². The molecule has 0 bridgehead atoms. The fourth-order valence-electron chi connectivity index (χ4n) is 4.08. The van der Waals surface area contributed by atoms with Crippen molar-refractivity contribution in [2.24, 2.45) is 7.05 Å². The van der Waals surface area contributed by atoms with Crippen LogP contribution in [-0.4, -0.2) is 63.3 Å². The summed E-state index contributed by atoms with van der Waals surface area (Å²) in [5.74, 6) is 5.21. The van der Waals surface area contributed by atoms with Gasteiger partial charge in [-0.2, -0.15) is 0 Å². The van der Waals surface area contributed by atoms with Gasteiger partial charge in [0.25, 0.3) is 0 Å². The number of carbonyl (C=O) groups is 3. The number of nitrogens with zero attached hydrogens (tertiary/aromatic N) is 3. The van der Waals surface area contributed by atoms with Crippen LogP contribution in [0.15, 0.2) is 23.0 Å². The van der Waals surface area contributed by atoms with Gasteiger partial charge in [-0.15, -0.1) is 0 Å². The highest BCUT2D eigenvalue weighted by Crippen LogP contribution is 2.24. The van der Waals surface area contributed by atoms with Gasteiger partial charge in [-0.1, -0.05) is 17.9 Å². The second-order valence-electron chi connectivity index (χ2n) is 9.47. The van der Waals surface area contributed by atoms with E-state index in [0.717, 1.165) is 0 Å². The molecule has 0 saturated carbocycles. The fourth-order valence-corrected chi connectivity index (χ4v) is 4.08. The summed E-state index contributed by atoms with van der Waals surface area (Å²) >= 11 is 0. The first-order valence-electron chi connectivity index (χ1n) is 11.2. The average molecular weight is 469 g/mol. The first-order valence-corrected chi connectivity index (χ1v) is 11.2. The van der Waals surface area contributed by atoms with Crippen molar-refractivity contribution in [1.82, 2.24) is 19.4 Å². The first-order chi connectivity index (χ1) is 16.0. The number of hydrogen-bond donors (Lipinski definition) is 1. The molecule has 1 aromatic carbocycles. The Hall–Kier alpha value is -3.58. The molecule has 2 aromatic rings.